The molecule has 1 aromatic heterocycles. The van der Waals surface area contributed by atoms with Gasteiger partial charge >= 0.3 is 5.97 Å². The van der Waals surface area contributed by atoms with Gasteiger partial charge in [0, 0.05) is 18.7 Å². The minimum Gasteiger partial charge on any atom is -0.466 e. The van der Waals surface area contributed by atoms with Gasteiger partial charge in [-0.3, -0.25) is 4.79 Å². The molecule has 1 saturated carbocycles. The van der Waals surface area contributed by atoms with Gasteiger partial charge in [-0.2, -0.15) is 0 Å². The summed E-state index contributed by atoms with van der Waals surface area (Å²) < 4.78 is 23.9. The van der Waals surface area contributed by atoms with E-state index < -0.39 is 0 Å². The Hall–Kier alpha value is -3.00. The number of rotatable bonds is 14. The minimum atomic E-state index is -0.320. The summed E-state index contributed by atoms with van der Waals surface area (Å²) in [5.74, 6) is 0.903. The number of ether oxygens (including phenoxy) is 3. The zero-order valence-corrected chi connectivity index (χ0v) is 24.4. The minimum absolute atomic E-state index is 0.0616. The molecule has 0 radical (unpaired) electrons. The third-order valence-corrected chi connectivity index (χ3v) is 7.50. The van der Waals surface area contributed by atoms with Crippen LogP contribution in [0.5, 0.6) is 0 Å². The van der Waals surface area contributed by atoms with E-state index in [0.29, 0.717) is 32.3 Å². The number of aryl methyl sites for hydroxylation is 2. The first-order valence-electron chi connectivity index (χ1n) is 14.6. The van der Waals surface area contributed by atoms with Gasteiger partial charge in [0.2, 0.25) is 5.89 Å². The van der Waals surface area contributed by atoms with Crippen molar-refractivity contribution in [2.75, 3.05) is 33.4 Å². The maximum Gasteiger partial charge on any atom is 0.312 e. The lowest BCUT2D eigenvalue weighted by Gasteiger charge is -2.30. The van der Waals surface area contributed by atoms with E-state index in [9.17, 15) is 4.79 Å². The van der Waals surface area contributed by atoms with E-state index in [1.165, 1.54) is 11.1 Å². The number of hydrogen-bond acceptors (Lipinski definition) is 7. The second kappa shape index (κ2) is 15.1. The Morgan fingerprint density at radius 1 is 1.07 bits per heavy atom. The Morgan fingerprint density at radius 3 is 2.60 bits per heavy atom. The molecule has 1 fully saturated rings. The molecule has 7 nitrogen and oxygen atoms in total. The number of esters is 1. The van der Waals surface area contributed by atoms with Crippen molar-refractivity contribution in [3.63, 3.8) is 0 Å². The molecular weight excluding hydrogens is 504 g/mol. The van der Waals surface area contributed by atoms with Crippen molar-refractivity contribution in [2.45, 2.75) is 71.7 Å². The lowest BCUT2D eigenvalue weighted by Crippen LogP contribution is -2.37. The Bertz CT molecular complexity index is 1190. The van der Waals surface area contributed by atoms with Gasteiger partial charge in [-0.1, -0.05) is 48.0 Å². The SMILES string of the molecule is CCOC(=O)C(COC1CCCC(OCc2nc(-c3cccc(C)c3)oc2C)C1)CN(C)CCc1ccccc1. The van der Waals surface area contributed by atoms with Gasteiger partial charge in [-0.15, -0.1) is 0 Å². The van der Waals surface area contributed by atoms with Crippen LogP contribution >= 0.6 is 0 Å². The van der Waals surface area contributed by atoms with Crippen molar-refractivity contribution in [3.05, 3.63) is 77.2 Å². The van der Waals surface area contributed by atoms with Crippen molar-refractivity contribution >= 4 is 5.97 Å². The molecule has 1 heterocycles. The van der Waals surface area contributed by atoms with Crippen LogP contribution in [0.2, 0.25) is 0 Å². The van der Waals surface area contributed by atoms with Gasteiger partial charge in [0.1, 0.15) is 11.5 Å². The number of carbonyl (C=O) groups excluding carboxylic acids is 1. The molecule has 0 bridgehead atoms. The number of nitrogens with zero attached hydrogens (tertiary/aromatic N) is 2. The van der Waals surface area contributed by atoms with E-state index in [0.717, 1.165) is 55.7 Å². The first kappa shape index (κ1) is 30.0. The number of aromatic nitrogens is 1. The monoisotopic (exact) mass is 548 g/mol. The fraction of sp³-hybridized carbons (Fsp3) is 0.515. The number of oxazole rings is 1. The molecular formula is C33H44N2O5. The van der Waals surface area contributed by atoms with Gasteiger partial charge < -0.3 is 23.5 Å². The van der Waals surface area contributed by atoms with Crippen molar-refractivity contribution in [3.8, 4) is 11.5 Å². The van der Waals surface area contributed by atoms with Crippen molar-refractivity contribution in [1.29, 1.82) is 0 Å². The molecule has 3 unspecified atom stereocenters. The molecule has 0 amide bonds. The number of hydrogen-bond donors (Lipinski definition) is 0. The third kappa shape index (κ3) is 9.01. The number of likely N-dealkylation sites (N-methyl/N-ethyl adjacent to an activating group) is 1. The van der Waals surface area contributed by atoms with Gasteiger partial charge in [0.05, 0.1) is 37.9 Å². The van der Waals surface area contributed by atoms with E-state index in [4.69, 9.17) is 23.6 Å². The molecule has 4 rings (SSSR count). The number of carbonyl (C=O) groups is 1. The Labute approximate surface area is 238 Å². The topological polar surface area (TPSA) is 74.0 Å². The predicted molar refractivity (Wildman–Crippen MR) is 156 cm³/mol. The summed E-state index contributed by atoms with van der Waals surface area (Å²) >= 11 is 0. The quantitative estimate of drug-likeness (QED) is 0.224. The fourth-order valence-corrected chi connectivity index (χ4v) is 5.20. The van der Waals surface area contributed by atoms with Crippen molar-refractivity contribution < 1.29 is 23.4 Å². The second-order valence-corrected chi connectivity index (χ2v) is 10.9. The van der Waals surface area contributed by atoms with E-state index in [-0.39, 0.29) is 24.1 Å². The maximum atomic E-state index is 12.7. The molecule has 0 N–H and O–H groups in total. The molecule has 0 saturated heterocycles. The molecule has 216 valence electrons. The second-order valence-electron chi connectivity index (χ2n) is 10.9. The first-order valence-corrected chi connectivity index (χ1v) is 14.6. The Morgan fingerprint density at radius 2 is 1.85 bits per heavy atom. The summed E-state index contributed by atoms with van der Waals surface area (Å²) in [4.78, 5) is 19.6. The van der Waals surface area contributed by atoms with Crippen molar-refractivity contribution in [1.82, 2.24) is 9.88 Å². The average molecular weight is 549 g/mol. The highest BCUT2D eigenvalue weighted by molar-refractivity contribution is 5.72. The van der Waals surface area contributed by atoms with E-state index in [1.54, 1.807) is 0 Å². The van der Waals surface area contributed by atoms with E-state index in [2.05, 4.69) is 55.3 Å². The lowest BCUT2D eigenvalue weighted by atomic mass is 9.94. The molecule has 2 aromatic carbocycles. The summed E-state index contributed by atoms with van der Waals surface area (Å²) in [7, 11) is 2.05. The smallest absolute Gasteiger partial charge is 0.312 e. The first-order chi connectivity index (χ1) is 19.4. The van der Waals surface area contributed by atoms with Crippen molar-refractivity contribution in [2.24, 2.45) is 5.92 Å². The van der Waals surface area contributed by atoms with E-state index >= 15 is 0 Å². The average Bonchev–Trinajstić information content (AvgIpc) is 3.34. The molecule has 1 aliphatic carbocycles. The summed E-state index contributed by atoms with van der Waals surface area (Å²) in [5, 5.41) is 0. The highest BCUT2D eigenvalue weighted by Crippen LogP contribution is 2.27. The molecule has 40 heavy (non-hydrogen) atoms. The summed E-state index contributed by atoms with van der Waals surface area (Å²) in [6.07, 6.45) is 4.89. The highest BCUT2D eigenvalue weighted by atomic mass is 16.5. The maximum absolute atomic E-state index is 12.7. The third-order valence-electron chi connectivity index (χ3n) is 7.50. The highest BCUT2D eigenvalue weighted by Gasteiger charge is 2.28. The predicted octanol–water partition coefficient (Wildman–Crippen LogP) is 6.16. The Balaban J connectivity index is 1.26. The molecule has 0 spiro atoms. The zero-order valence-electron chi connectivity index (χ0n) is 24.4. The standard InChI is InChI=1S/C33H44N2O5/c1-5-37-33(36)28(21-35(4)18-17-26-12-7-6-8-13-26)22-38-29-15-10-16-30(20-29)39-23-31-25(3)40-32(34-31)27-14-9-11-24(2)19-27/h6-9,11-14,19,28-30H,5,10,15-18,20-23H2,1-4H3. The van der Waals surface area contributed by atoms with Gasteiger partial charge in [0.15, 0.2) is 0 Å². The van der Waals surface area contributed by atoms with E-state index in [1.807, 2.05) is 32.0 Å². The van der Waals surface area contributed by atoms with Crippen LogP contribution in [-0.4, -0.2) is 61.4 Å². The summed E-state index contributed by atoms with van der Waals surface area (Å²) in [6.45, 7) is 8.45. The van der Waals surface area contributed by atoms with Crippen LogP contribution in [0.25, 0.3) is 11.5 Å². The van der Waals surface area contributed by atoms with Gasteiger partial charge in [0.25, 0.3) is 0 Å². The largest absolute Gasteiger partial charge is 0.466 e. The van der Waals surface area contributed by atoms with Crippen LogP contribution in [0.4, 0.5) is 0 Å². The summed E-state index contributed by atoms with van der Waals surface area (Å²) in [6, 6.07) is 18.6. The lowest BCUT2D eigenvalue weighted by molar-refractivity contribution is -0.152. The van der Waals surface area contributed by atoms with Gasteiger partial charge in [-0.05, 0) is 77.6 Å². The molecule has 3 atom stereocenters. The molecule has 1 aliphatic rings. The number of benzene rings is 2. The van der Waals surface area contributed by atoms with Crippen LogP contribution in [-0.2, 0) is 32.0 Å². The van der Waals surface area contributed by atoms with Crippen LogP contribution in [0.15, 0.2) is 59.0 Å². The molecule has 3 aromatic rings. The van der Waals surface area contributed by atoms with Gasteiger partial charge in [-0.25, -0.2) is 4.98 Å². The fourth-order valence-electron chi connectivity index (χ4n) is 5.20. The molecule has 7 heteroatoms. The van der Waals surface area contributed by atoms with Crippen LogP contribution < -0.4 is 0 Å². The Kier molecular flexibility index (Phi) is 11.3. The zero-order chi connectivity index (χ0) is 28.3. The molecule has 0 aliphatic heterocycles. The van der Waals surface area contributed by atoms with Crippen LogP contribution in [0, 0.1) is 19.8 Å². The van der Waals surface area contributed by atoms with Crippen LogP contribution in [0.3, 0.4) is 0 Å². The van der Waals surface area contributed by atoms with Crippen LogP contribution in [0.1, 0.15) is 55.2 Å². The summed E-state index contributed by atoms with van der Waals surface area (Å²) in [5.41, 5.74) is 4.27. The normalized spacial score (nSPS) is 18.1.